The number of esters is 1. The maximum absolute atomic E-state index is 12.8. The summed E-state index contributed by atoms with van der Waals surface area (Å²) in [6.07, 6.45) is 9.31. The van der Waals surface area contributed by atoms with Gasteiger partial charge in [-0.05, 0) is 49.8 Å². The molecule has 260 valence electrons. The molecule has 2 rings (SSSR count). The van der Waals surface area contributed by atoms with E-state index < -0.39 is 32.9 Å². The Labute approximate surface area is 279 Å². The molecule has 0 aliphatic carbocycles. The zero-order valence-corrected chi connectivity index (χ0v) is 30.4. The molecule has 0 radical (unpaired) electrons. The lowest BCUT2D eigenvalue weighted by molar-refractivity contribution is -0.140. The average Bonchev–Trinajstić information content (AvgIpc) is 2.98. The van der Waals surface area contributed by atoms with Gasteiger partial charge in [0, 0.05) is 28.6 Å². The van der Waals surface area contributed by atoms with Gasteiger partial charge in [0.2, 0.25) is 9.38 Å². The Balaban J connectivity index is 0.000000654. The second kappa shape index (κ2) is 18.0. The fraction of sp³-hybridized carbons (Fsp3) is 0.441. The molecule has 0 bridgehead atoms. The van der Waals surface area contributed by atoms with Gasteiger partial charge in [-0.1, -0.05) is 84.1 Å². The zero-order valence-electron chi connectivity index (χ0n) is 28.5. The van der Waals surface area contributed by atoms with Crippen LogP contribution in [0.25, 0.3) is 0 Å². The van der Waals surface area contributed by atoms with Gasteiger partial charge in [0.1, 0.15) is 12.4 Å². The third-order valence-corrected chi connectivity index (χ3v) is 7.89. The monoisotopic (exact) mass is 697 g/mol. The first-order valence-corrected chi connectivity index (χ1v) is 17.4. The summed E-state index contributed by atoms with van der Waals surface area (Å²) in [6.45, 7) is 15.9. The molecule has 1 atom stereocenters. The molecule has 0 fully saturated rings. The molecule has 0 saturated carbocycles. The van der Waals surface area contributed by atoms with E-state index in [9.17, 15) is 26.4 Å². The number of carbonyl (C=O) groups is 1. The van der Waals surface area contributed by atoms with Crippen LogP contribution in [0.5, 0.6) is 5.75 Å². The first-order chi connectivity index (χ1) is 21.6. The molecule has 1 aromatic carbocycles. The number of rotatable bonds is 12. The van der Waals surface area contributed by atoms with E-state index in [0.29, 0.717) is 17.7 Å². The number of benzene rings is 1. The van der Waals surface area contributed by atoms with Gasteiger partial charge in [-0.15, -0.1) is 0 Å². The van der Waals surface area contributed by atoms with E-state index in [1.54, 1.807) is 30.3 Å². The zero-order chi connectivity index (χ0) is 36.1. The van der Waals surface area contributed by atoms with Crippen molar-refractivity contribution in [2.45, 2.75) is 90.9 Å². The summed E-state index contributed by atoms with van der Waals surface area (Å²) in [5.41, 5.74) is -2.92. The van der Waals surface area contributed by atoms with E-state index in [4.69, 9.17) is 18.9 Å². The van der Waals surface area contributed by atoms with Gasteiger partial charge in [0.15, 0.2) is 5.76 Å². The van der Waals surface area contributed by atoms with Crippen LogP contribution < -0.4 is 4.74 Å². The number of hydrogen-bond acceptors (Lipinski definition) is 8. The highest BCUT2D eigenvalue weighted by atomic mass is 32.2. The smallest absolute Gasteiger partial charge is 0.534 e. The van der Waals surface area contributed by atoms with E-state index in [1.807, 2.05) is 6.92 Å². The summed E-state index contributed by atoms with van der Waals surface area (Å²) in [5.74, 6) is -1.28. The average molecular weight is 698 g/mol. The summed E-state index contributed by atoms with van der Waals surface area (Å²) < 4.78 is 80.8. The van der Waals surface area contributed by atoms with Crippen molar-refractivity contribution in [1.82, 2.24) is 4.98 Å². The van der Waals surface area contributed by atoms with Crippen LogP contribution in [0.15, 0.2) is 78.1 Å². The number of pyridine rings is 1. The van der Waals surface area contributed by atoms with Crippen LogP contribution in [-0.4, -0.2) is 53.6 Å². The number of hydrogen-bond donors (Lipinski definition) is 0. The van der Waals surface area contributed by atoms with E-state index >= 15 is 0 Å². The molecule has 0 spiro atoms. The number of allylic oxidation sites excluding steroid dienone is 3. The normalized spacial score (nSPS) is 13.7. The van der Waals surface area contributed by atoms with Gasteiger partial charge in [-0.2, -0.15) is 21.6 Å². The van der Waals surface area contributed by atoms with E-state index in [-0.39, 0.29) is 32.9 Å². The number of carbonyl (C=O) groups excluding carboxylic acids is 1. The molecular weight excluding hydrogens is 652 g/mol. The van der Waals surface area contributed by atoms with Gasteiger partial charge in [0.05, 0.1) is 18.8 Å². The van der Waals surface area contributed by atoms with E-state index in [0.717, 1.165) is 13.0 Å². The van der Waals surface area contributed by atoms with Crippen LogP contribution >= 0.6 is 0 Å². The molecule has 0 aliphatic heterocycles. The minimum atomic E-state index is -5.99. The third-order valence-electron chi connectivity index (χ3n) is 6.27. The largest absolute Gasteiger partial charge is 0.551 e. The van der Waals surface area contributed by atoms with Crippen LogP contribution in [0.2, 0.25) is 0 Å². The van der Waals surface area contributed by atoms with Crippen molar-refractivity contribution in [3.05, 3.63) is 95.1 Å². The minimum absolute atomic E-state index is 0.103. The highest BCUT2D eigenvalue weighted by Crippen LogP contribution is 2.28. The fourth-order valence-corrected chi connectivity index (χ4v) is 4.39. The van der Waals surface area contributed by atoms with Crippen molar-refractivity contribution in [2.75, 3.05) is 7.11 Å². The quantitative estimate of drug-likeness (QED) is 0.0435. The standard InChI is InChI=1S/C21H25F3O7SSi.C13H21N/c1-15(31-33-4)8-6-5-7-9-19(30-32(26,27)21(22,23)24)16(2)20(25)29-14-17-10-12-18(28-3)13-11-17;1-12(2,3)10-8-7-9-11(14-10)13(4,5)6/h5-7,9-13,15,33H,4,8,14H2,1-3H3;7-9H,1-6H3/b6-5+,9-7+,19-16-;. The molecule has 0 N–H and O–H groups in total. The maximum Gasteiger partial charge on any atom is 0.534 e. The number of halogens is 3. The Hall–Kier alpha value is -3.71. The minimum Gasteiger partial charge on any atom is -0.551 e. The molecule has 1 heterocycles. The number of alkyl halides is 3. The molecule has 13 heteroatoms. The van der Waals surface area contributed by atoms with Crippen molar-refractivity contribution >= 4 is 31.6 Å². The fourth-order valence-electron chi connectivity index (χ4n) is 3.44. The second-order valence-corrected chi connectivity index (χ2v) is 14.6. The van der Waals surface area contributed by atoms with Crippen molar-refractivity contribution in [3.63, 3.8) is 0 Å². The predicted molar refractivity (Wildman–Crippen MR) is 181 cm³/mol. The van der Waals surface area contributed by atoms with Gasteiger partial charge < -0.3 is 18.1 Å². The van der Waals surface area contributed by atoms with E-state index in [1.165, 1.54) is 30.6 Å². The molecule has 1 aromatic heterocycles. The first-order valence-electron chi connectivity index (χ1n) is 14.7. The Bertz CT molecular complexity index is 1490. The van der Waals surface area contributed by atoms with Crippen molar-refractivity contribution in [2.24, 2.45) is 0 Å². The lowest BCUT2D eigenvalue weighted by atomic mass is 9.88. The number of methoxy groups -OCH3 is 1. The van der Waals surface area contributed by atoms with Gasteiger partial charge >= 0.3 is 21.6 Å². The SMILES string of the molecule is C=[SiH]OC(C)C/C=C/C=C/C(OS(=O)(=O)C(F)(F)F)=C(\C)C(=O)OCc1ccc(OC)cc1.CC(C)(C)c1cccc(C(C)(C)C)n1. The Kier molecular flexibility index (Phi) is 15.8. The van der Waals surface area contributed by atoms with Crippen LogP contribution in [0.4, 0.5) is 13.2 Å². The second-order valence-electron chi connectivity index (χ2n) is 12.4. The van der Waals surface area contributed by atoms with Crippen LogP contribution in [0, 0.1) is 0 Å². The van der Waals surface area contributed by atoms with Gasteiger partial charge in [-0.25, -0.2) is 4.79 Å². The summed E-state index contributed by atoms with van der Waals surface area (Å²) >= 11 is 0. The molecule has 2 aromatic rings. The third kappa shape index (κ3) is 14.7. The molecule has 8 nitrogen and oxygen atoms in total. The van der Waals surface area contributed by atoms with Gasteiger partial charge in [0.25, 0.3) is 0 Å². The maximum atomic E-state index is 12.8. The summed E-state index contributed by atoms with van der Waals surface area (Å²) in [5, 5.41) is 0. The van der Waals surface area contributed by atoms with Crippen LogP contribution in [0.1, 0.15) is 78.8 Å². The highest BCUT2D eigenvalue weighted by molar-refractivity contribution is 7.87. The summed E-state index contributed by atoms with van der Waals surface area (Å²) in [4.78, 5) is 17.0. The summed E-state index contributed by atoms with van der Waals surface area (Å²) in [6, 6.07) is 12.8. The van der Waals surface area contributed by atoms with Crippen LogP contribution in [0.3, 0.4) is 0 Å². The highest BCUT2D eigenvalue weighted by Gasteiger charge is 2.49. The predicted octanol–water partition coefficient (Wildman–Crippen LogP) is 7.25. The molecular formula is C34H46F3NO7SSi. The number of aromatic nitrogens is 1. The molecule has 1 unspecified atom stereocenters. The Morgan fingerprint density at radius 2 is 1.53 bits per heavy atom. The Morgan fingerprint density at radius 1 is 0.979 bits per heavy atom. The van der Waals surface area contributed by atoms with Crippen molar-refractivity contribution in [1.29, 1.82) is 0 Å². The van der Waals surface area contributed by atoms with Crippen LogP contribution in [-0.2, 0) is 45.7 Å². The van der Waals surface area contributed by atoms with Crippen molar-refractivity contribution < 1.29 is 44.5 Å². The lowest BCUT2D eigenvalue weighted by Gasteiger charge is -2.23. The topological polar surface area (TPSA) is 101 Å². The lowest BCUT2D eigenvalue weighted by Crippen LogP contribution is -2.26. The van der Waals surface area contributed by atoms with Crippen molar-refractivity contribution in [3.8, 4) is 5.75 Å². The summed E-state index contributed by atoms with van der Waals surface area (Å²) in [7, 11) is -4.89. The number of ether oxygens (including phenoxy) is 2. The molecule has 0 aliphatic rings. The molecule has 0 amide bonds. The molecule has 47 heavy (non-hydrogen) atoms. The van der Waals surface area contributed by atoms with Gasteiger partial charge in [-0.3, -0.25) is 4.98 Å². The first kappa shape index (κ1) is 41.3. The Morgan fingerprint density at radius 3 is 2.00 bits per heavy atom. The number of nitrogens with zero attached hydrogens (tertiary/aromatic N) is 1. The molecule has 0 saturated heterocycles. The van der Waals surface area contributed by atoms with E-state index in [2.05, 4.69) is 70.1 Å².